The van der Waals surface area contributed by atoms with Crippen molar-refractivity contribution in [3.63, 3.8) is 0 Å². The first-order chi connectivity index (χ1) is 18.4. The number of nitriles is 1. The molecule has 7 heteroatoms. The Morgan fingerprint density at radius 3 is 2.37 bits per heavy atom. The number of hydrogen-bond acceptors (Lipinski definition) is 6. The number of hydrogen-bond donors (Lipinski definition) is 1. The molecule has 1 heterocycles. The second-order valence-corrected chi connectivity index (χ2v) is 9.18. The van der Waals surface area contributed by atoms with Gasteiger partial charge in [-0.2, -0.15) is 10.4 Å². The van der Waals surface area contributed by atoms with Crippen molar-refractivity contribution in [2.24, 2.45) is 5.10 Å². The number of hydrazone groups is 1. The summed E-state index contributed by atoms with van der Waals surface area (Å²) in [6, 6.07) is 23.8. The number of amides is 1. The van der Waals surface area contributed by atoms with E-state index in [1.54, 1.807) is 43.3 Å². The van der Waals surface area contributed by atoms with Crippen LogP contribution < -0.4 is 10.2 Å². The van der Waals surface area contributed by atoms with Gasteiger partial charge in [-0.15, -0.1) is 0 Å². The molecule has 4 aromatic rings. The Hall–Kier alpha value is -4.96. The number of ether oxygens (including phenoxy) is 1. The molecule has 0 fully saturated rings. The van der Waals surface area contributed by atoms with Crippen molar-refractivity contribution in [2.75, 3.05) is 0 Å². The molecule has 0 bridgehead atoms. The predicted molar refractivity (Wildman–Crippen MR) is 143 cm³/mol. The third-order valence-corrected chi connectivity index (χ3v) is 6.50. The number of furan rings is 1. The van der Waals surface area contributed by atoms with E-state index in [4.69, 9.17) is 14.4 Å². The standard InChI is InChI=1S/C31H25N3O4/c1-19-5-3-6-24(17-19)30(35)34-33-26-7-4-8-27-28(26)20(2)29(38-27)31(36)37-25-15-13-23(14-16-25)22-11-9-21(18-32)10-12-22/h3,5-6,9-17H,4,7-8H2,1-2H3,(H,34,35)/b33-26+. The summed E-state index contributed by atoms with van der Waals surface area (Å²) in [5, 5.41) is 13.4. The normalized spacial score (nSPS) is 13.4. The van der Waals surface area contributed by atoms with Crippen LogP contribution in [0.1, 0.15) is 61.8 Å². The van der Waals surface area contributed by atoms with E-state index in [-0.39, 0.29) is 11.7 Å². The van der Waals surface area contributed by atoms with Gasteiger partial charge in [-0.1, -0.05) is 42.0 Å². The highest BCUT2D eigenvalue weighted by Crippen LogP contribution is 2.31. The molecule has 1 aliphatic carbocycles. The summed E-state index contributed by atoms with van der Waals surface area (Å²) in [6.45, 7) is 3.73. The first kappa shape index (κ1) is 24.7. The van der Waals surface area contributed by atoms with Crippen molar-refractivity contribution in [2.45, 2.75) is 33.1 Å². The van der Waals surface area contributed by atoms with E-state index in [1.165, 1.54) is 0 Å². The molecule has 1 aromatic heterocycles. The van der Waals surface area contributed by atoms with Crippen LogP contribution in [0.5, 0.6) is 5.75 Å². The van der Waals surface area contributed by atoms with Gasteiger partial charge in [-0.3, -0.25) is 4.79 Å². The van der Waals surface area contributed by atoms with E-state index in [9.17, 15) is 9.59 Å². The van der Waals surface area contributed by atoms with Gasteiger partial charge in [0.15, 0.2) is 0 Å². The molecular formula is C31H25N3O4. The van der Waals surface area contributed by atoms with Crippen molar-refractivity contribution >= 4 is 17.6 Å². The number of nitrogens with one attached hydrogen (secondary N) is 1. The average molecular weight is 504 g/mol. The highest BCUT2D eigenvalue weighted by molar-refractivity contribution is 6.06. The Balaban J connectivity index is 1.31. The largest absolute Gasteiger partial charge is 0.453 e. The molecule has 0 saturated heterocycles. The van der Waals surface area contributed by atoms with Crippen LogP contribution >= 0.6 is 0 Å². The molecule has 0 atom stereocenters. The minimum Gasteiger partial charge on any atom is -0.453 e. The average Bonchev–Trinajstić information content (AvgIpc) is 3.29. The van der Waals surface area contributed by atoms with E-state index < -0.39 is 5.97 Å². The number of benzene rings is 3. The molecule has 0 unspecified atom stereocenters. The third-order valence-electron chi connectivity index (χ3n) is 6.50. The zero-order chi connectivity index (χ0) is 26.6. The summed E-state index contributed by atoms with van der Waals surface area (Å²) in [7, 11) is 0. The zero-order valence-corrected chi connectivity index (χ0v) is 21.1. The number of aryl methyl sites for hydroxylation is 2. The predicted octanol–water partition coefficient (Wildman–Crippen LogP) is 6.12. The molecule has 5 rings (SSSR count). The highest BCUT2D eigenvalue weighted by Gasteiger charge is 2.29. The van der Waals surface area contributed by atoms with Crippen molar-refractivity contribution in [1.29, 1.82) is 5.26 Å². The fourth-order valence-electron chi connectivity index (χ4n) is 4.55. The smallest absolute Gasteiger partial charge is 0.379 e. The van der Waals surface area contributed by atoms with Crippen LogP contribution in [0.15, 0.2) is 82.3 Å². The summed E-state index contributed by atoms with van der Waals surface area (Å²) >= 11 is 0. The van der Waals surface area contributed by atoms with Gasteiger partial charge >= 0.3 is 5.97 Å². The van der Waals surface area contributed by atoms with Gasteiger partial charge in [0.05, 0.1) is 17.3 Å². The van der Waals surface area contributed by atoms with Crippen LogP contribution in [0.3, 0.4) is 0 Å². The minimum atomic E-state index is -0.592. The Kier molecular flexibility index (Phi) is 6.88. The maximum Gasteiger partial charge on any atom is 0.379 e. The molecule has 188 valence electrons. The van der Waals surface area contributed by atoms with Gasteiger partial charge < -0.3 is 9.15 Å². The molecule has 0 radical (unpaired) electrons. The van der Waals surface area contributed by atoms with Crippen molar-refractivity contribution in [1.82, 2.24) is 5.43 Å². The summed E-state index contributed by atoms with van der Waals surface area (Å²) in [6.07, 6.45) is 2.13. The number of fused-ring (bicyclic) bond motifs is 1. The van der Waals surface area contributed by atoms with E-state index in [0.29, 0.717) is 46.8 Å². The van der Waals surface area contributed by atoms with E-state index in [1.807, 2.05) is 43.3 Å². The maximum atomic E-state index is 13.0. The van der Waals surface area contributed by atoms with Crippen LogP contribution in [0, 0.1) is 25.2 Å². The van der Waals surface area contributed by atoms with E-state index in [2.05, 4.69) is 16.6 Å². The van der Waals surface area contributed by atoms with Crippen molar-refractivity contribution in [3.8, 4) is 22.9 Å². The number of rotatable bonds is 5. The molecule has 38 heavy (non-hydrogen) atoms. The summed E-state index contributed by atoms with van der Waals surface area (Å²) < 4.78 is 11.5. The van der Waals surface area contributed by atoms with Crippen LogP contribution in [-0.4, -0.2) is 17.6 Å². The molecule has 0 saturated carbocycles. The minimum absolute atomic E-state index is 0.130. The number of carbonyl (C=O) groups is 2. The number of nitrogens with zero attached hydrogens (tertiary/aromatic N) is 2. The Bertz CT molecular complexity index is 1590. The first-order valence-electron chi connectivity index (χ1n) is 12.3. The van der Waals surface area contributed by atoms with Gasteiger partial charge in [-0.25, -0.2) is 10.2 Å². The lowest BCUT2D eigenvalue weighted by Gasteiger charge is -2.13. The quantitative estimate of drug-likeness (QED) is 0.201. The SMILES string of the molecule is Cc1cccc(C(=O)N/N=C2\CCCc3oc(C(=O)Oc4ccc(-c5ccc(C#N)cc5)cc4)c(C)c32)c1. The Labute approximate surface area is 220 Å². The molecule has 0 aliphatic heterocycles. The third kappa shape index (κ3) is 5.11. The van der Waals surface area contributed by atoms with Gasteiger partial charge in [0.2, 0.25) is 5.76 Å². The Morgan fingerprint density at radius 2 is 1.68 bits per heavy atom. The van der Waals surface area contributed by atoms with E-state index in [0.717, 1.165) is 28.7 Å². The molecular weight excluding hydrogens is 478 g/mol. The van der Waals surface area contributed by atoms with Crippen molar-refractivity contribution < 1.29 is 18.7 Å². The van der Waals surface area contributed by atoms with Crippen LogP contribution in [-0.2, 0) is 6.42 Å². The van der Waals surface area contributed by atoms with Gasteiger partial charge in [-0.05, 0) is 74.2 Å². The van der Waals surface area contributed by atoms with Gasteiger partial charge in [0.25, 0.3) is 5.91 Å². The topological polar surface area (TPSA) is 105 Å². The lowest BCUT2D eigenvalue weighted by molar-refractivity contribution is 0.0698. The number of carbonyl (C=O) groups excluding carboxylic acids is 2. The first-order valence-corrected chi connectivity index (χ1v) is 12.3. The lowest BCUT2D eigenvalue weighted by atomic mass is 9.93. The lowest BCUT2D eigenvalue weighted by Crippen LogP contribution is -2.22. The molecule has 3 aromatic carbocycles. The highest BCUT2D eigenvalue weighted by atomic mass is 16.5. The van der Waals surface area contributed by atoms with Crippen molar-refractivity contribution in [3.05, 3.63) is 112 Å². The molecule has 1 N–H and O–H groups in total. The molecule has 1 aliphatic rings. The van der Waals surface area contributed by atoms with Gasteiger partial charge in [0, 0.05) is 23.1 Å². The Morgan fingerprint density at radius 1 is 0.974 bits per heavy atom. The second-order valence-electron chi connectivity index (χ2n) is 9.18. The fraction of sp³-hybridized carbons (Fsp3) is 0.161. The number of esters is 1. The summed E-state index contributed by atoms with van der Waals surface area (Å²) in [5.74, 6) is 0.302. The summed E-state index contributed by atoms with van der Waals surface area (Å²) in [4.78, 5) is 25.6. The maximum absolute atomic E-state index is 13.0. The second kappa shape index (κ2) is 10.6. The van der Waals surface area contributed by atoms with Gasteiger partial charge in [0.1, 0.15) is 11.5 Å². The fourth-order valence-corrected chi connectivity index (χ4v) is 4.55. The van der Waals surface area contributed by atoms with Crippen LogP contribution in [0.4, 0.5) is 0 Å². The molecule has 1 amide bonds. The van der Waals surface area contributed by atoms with E-state index >= 15 is 0 Å². The van der Waals surface area contributed by atoms with Crippen LogP contribution in [0.25, 0.3) is 11.1 Å². The molecule has 7 nitrogen and oxygen atoms in total. The molecule has 0 spiro atoms. The zero-order valence-electron chi connectivity index (χ0n) is 21.1. The van der Waals surface area contributed by atoms with Crippen LogP contribution in [0.2, 0.25) is 0 Å². The summed E-state index contributed by atoms with van der Waals surface area (Å²) in [5.41, 5.74) is 8.73. The monoisotopic (exact) mass is 503 g/mol.